The van der Waals surface area contributed by atoms with Crippen LogP contribution in [0, 0.1) is 6.92 Å². The zero-order chi connectivity index (χ0) is 24.1. The highest BCUT2D eigenvalue weighted by Gasteiger charge is 2.30. The van der Waals surface area contributed by atoms with Gasteiger partial charge in [-0.05, 0) is 57.5 Å². The highest BCUT2D eigenvalue weighted by molar-refractivity contribution is 7.92. The fourth-order valence-electron chi connectivity index (χ4n) is 3.10. The molecule has 0 aliphatic carbocycles. The van der Waals surface area contributed by atoms with Gasteiger partial charge in [-0.1, -0.05) is 41.4 Å². The number of halogens is 1. The summed E-state index contributed by atoms with van der Waals surface area (Å²) in [4.78, 5) is 27.4. The topological polar surface area (TPSA) is 86.8 Å². The maximum Gasteiger partial charge on any atom is 0.244 e. The fraction of sp³-hybridized carbons (Fsp3) is 0.391. The molecule has 0 bridgehead atoms. The number of benzene rings is 2. The van der Waals surface area contributed by atoms with Crippen molar-refractivity contribution in [3.05, 3.63) is 64.7 Å². The first-order chi connectivity index (χ1) is 14.9. The lowest BCUT2D eigenvalue weighted by Gasteiger charge is -2.32. The largest absolute Gasteiger partial charge is 0.352 e. The minimum atomic E-state index is -3.73. The standard InChI is InChI=1S/C23H30ClN3O4S/c1-16(2)25-23(29)18(4)26(14-19-8-10-20(24)11-9-19)22(28)15-27(32(5,30)31)21-12-6-17(3)7-13-21/h6-13,16,18H,14-15H2,1-5H3,(H,25,29)/t18-/m1/s1. The van der Waals surface area contributed by atoms with Gasteiger partial charge in [0.2, 0.25) is 21.8 Å². The van der Waals surface area contributed by atoms with Gasteiger partial charge in [0.1, 0.15) is 12.6 Å². The molecule has 0 radical (unpaired) electrons. The summed E-state index contributed by atoms with van der Waals surface area (Å²) in [5.41, 5.74) is 2.13. The third-order valence-electron chi connectivity index (χ3n) is 4.87. The Morgan fingerprint density at radius 2 is 1.56 bits per heavy atom. The van der Waals surface area contributed by atoms with Crippen molar-refractivity contribution in [2.45, 2.75) is 46.3 Å². The van der Waals surface area contributed by atoms with Gasteiger partial charge in [-0.25, -0.2) is 8.42 Å². The van der Waals surface area contributed by atoms with Gasteiger partial charge in [0.05, 0.1) is 11.9 Å². The van der Waals surface area contributed by atoms with Gasteiger partial charge in [-0.15, -0.1) is 0 Å². The second kappa shape index (κ2) is 10.8. The fourth-order valence-corrected chi connectivity index (χ4v) is 4.07. The molecule has 1 atom stereocenters. The first kappa shape index (κ1) is 25.7. The van der Waals surface area contributed by atoms with Crippen molar-refractivity contribution in [1.82, 2.24) is 10.2 Å². The molecule has 0 fully saturated rings. The van der Waals surface area contributed by atoms with Crippen molar-refractivity contribution in [3.63, 3.8) is 0 Å². The van der Waals surface area contributed by atoms with Crippen LogP contribution in [0.2, 0.25) is 5.02 Å². The zero-order valence-corrected chi connectivity index (χ0v) is 20.6. The molecule has 2 amide bonds. The first-order valence-electron chi connectivity index (χ1n) is 10.3. The number of hydrogen-bond donors (Lipinski definition) is 1. The predicted molar refractivity (Wildman–Crippen MR) is 128 cm³/mol. The van der Waals surface area contributed by atoms with E-state index >= 15 is 0 Å². The summed E-state index contributed by atoms with van der Waals surface area (Å²) in [7, 11) is -3.73. The molecule has 1 N–H and O–H groups in total. The van der Waals surface area contributed by atoms with Gasteiger partial charge < -0.3 is 10.2 Å². The Morgan fingerprint density at radius 3 is 2.06 bits per heavy atom. The smallest absolute Gasteiger partial charge is 0.244 e. The third kappa shape index (κ3) is 7.24. The van der Waals surface area contributed by atoms with Gasteiger partial charge >= 0.3 is 0 Å². The molecule has 2 aromatic carbocycles. The number of anilines is 1. The van der Waals surface area contributed by atoms with E-state index in [4.69, 9.17) is 11.6 Å². The number of amides is 2. The average molecular weight is 480 g/mol. The molecule has 0 spiro atoms. The molecule has 0 saturated carbocycles. The molecule has 2 aromatic rings. The third-order valence-corrected chi connectivity index (χ3v) is 6.26. The molecule has 32 heavy (non-hydrogen) atoms. The van der Waals surface area contributed by atoms with Crippen molar-refractivity contribution in [3.8, 4) is 0 Å². The maximum atomic E-state index is 13.4. The van der Waals surface area contributed by atoms with Gasteiger partial charge in [0.15, 0.2) is 0 Å². The maximum absolute atomic E-state index is 13.4. The Balaban J connectivity index is 2.36. The minimum Gasteiger partial charge on any atom is -0.352 e. The van der Waals surface area contributed by atoms with Gasteiger partial charge in [0.25, 0.3) is 0 Å². The van der Waals surface area contributed by atoms with Crippen LogP contribution in [-0.2, 0) is 26.2 Å². The second-order valence-corrected chi connectivity index (χ2v) is 10.4. The van der Waals surface area contributed by atoms with Crippen LogP contribution < -0.4 is 9.62 Å². The minimum absolute atomic E-state index is 0.0995. The molecule has 0 heterocycles. The summed E-state index contributed by atoms with van der Waals surface area (Å²) in [6.07, 6.45) is 1.05. The van der Waals surface area contributed by atoms with Crippen molar-refractivity contribution in [2.75, 3.05) is 17.1 Å². The lowest BCUT2D eigenvalue weighted by Crippen LogP contribution is -2.52. The number of sulfonamides is 1. The number of carbonyl (C=O) groups is 2. The summed E-state index contributed by atoms with van der Waals surface area (Å²) >= 11 is 5.96. The van der Waals surface area contributed by atoms with E-state index in [-0.39, 0.29) is 18.5 Å². The van der Waals surface area contributed by atoms with E-state index < -0.39 is 28.5 Å². The quantitative estimate of drug-likeness (QED) is 0.597. The Hall–Kier alpha value is -2.58. The van der Waals surface area contributed by atoms with Crippen LogP contribution in [-0.4, -0.2) is 50.0 Å². The van der Waals surface area contributed by atoms with Crippen LogP contribution in [0.15, 0.2) is 48.5 Å². The van der Waals surface area contributed by atoms with Crippen LogP contribution in [0.4, 0.5) is 5.69 Å². The highest BCUT2D eigenvalue weighted by atomic mass is 35.5. The van der Waals surface area contributed by atoms with E-state index in [0.29, 0.717) is 10.7 Å². The lowest BCUT2D eigenvalue weighted by molar-refractivity contribution is -0.139. The van der Waals surface area contributed by atoms with Crippen molar-refractivity contribution < 1.29 is 18.0 Å². The molecule has 0 aromatic heterocycles. The van der Waals surface area contributed by atoms with Crippen molar-refractivity contribution >= 4 is 39.1 Å². The number of aryl methyl sites for hydroxylation is 1. The van der Waals surface area contributed by atoms with Crippen LogP contribution in [0.3, 0.4) is 0 Å². The number of nitrogens with one attached hydrogen (secondary N) is 1. The summed E-state index contributed by atoms with van der Waals surface area (Å²) in [6.45, 7) is 6.89. The first-order valence-corrected chi connectivity index (χ1v) is 12.5. The number of rotatable bonds is 9. The Morgan fingerprint density at radius 1 is 1.00 bits per heavy atom. The van der Waals surface area contributed by atoms with E-state index in [9.17, 15) is 18.0 Å². The van der Waals surface area contributed by atoms with Crippen LogP contribution in [0.5, 0.6) is 0 Å². The average Bonchev–Trinajstić information content (AvgIpc) is 2.70. The van der Waals surface area contributed by atoms with Crippen LogP contribution >= 0.6 is 11.6 Å². The molecule has 0 aliphatic rings. The summed E-state index contributed by atoms with van der Waals surface area (Å²) in [5, 5.41) is 3.36. The highest BCUT2D eigenvalue weighted by Crippen LogP contribution is 2.20. The molecular formula is C23H30ClN3O4S. The van der Waals surface area contributed by atoms with E-state index in [1.54, 1.807) is 55.5 Å². The normalized spacial score (nSPS) is 12.3. The van der Waals surface area contributed by atoms with Crippen LogP contribution in [0.25, 0.3) is 0 Å². The molecule has 0 saturated heterocycles. The molecule has 9 heteroatoms. The predicted octanol–water partition coefficient (Wildman–Crippen LogP) is 3.36. The molecule has 0 unspecified atom stereocenters. The second-order valence-electron chi connectivity index (χ2n) is 8.09. The number of nitrogens with zero attached hydrogens (tertiary/aromatic N) is 2. The van der Waals surface area contributed by atoms with E-state index in [1.807, 2.05) is 20.8 Å². The molecule has 0 aliphatic heterocycles. The van der Waals surface area contributed by atoms with Gasteiger partial charge in [-0.2, -0.15) is 0 Å². The monoisotopic (exact) mass is 479 g/mol. The number of carbonyl (C=O) groups excluding carboxylic acids is 2. The Kier molecular flexibility index (Phi) is 8.69. The lowest BCUT2D eigenvalue weighted by atomic mass is 10.1. The van der Waals surface area contributed by atoms with Crippen molar-refractivity contribution in [1.29, 1.82) is 0 Å². The summed E-state index contributed by atoms with van der Waals surface area (Å²) in [5.74, 6) is -0.805. The number of hydrogen-bond acceptors (Lipinski definition) is 4. The van der Waals surface area contributed by atoms with E-state index in [1.165, 1.54) is 4.90 Å². The Bertz CT molecular complexity index is 1040. The molecule has 7 nitrogen and oxygen atoms in total. The Labute approximate surface area is 195 Å². The molecular weight excluding hydrogens is 450 g/mol. The van der Waals surface area contributed by atoms with E-state index in [2.05, 4.69) is 5.32 Å². The van der Waals surface area contributed by atoms with Gasteiger partial charge in [0, 0.05) is 17.6 Å². The van der Waals surface area contributed by atoms with Crippen molar-refractivity contribution in [2.24, 2.45) is 0 Å². The molecule has 2 rings (SSSR count). The SMILES string of the molecule is Cc1ccc(N(CC(=O)N(Cc2ccc(Cl)cc2)[C@H](C)C(=O)NC(C)C)S(C)(=O)=O)cc1. The zero-order valence-electron chi connectivity index (χ0n) is 19.0. The summed E-state index contributed by atoms with van der Waals surface area (Å²) < 4.78 is 26.0. The van der Waals surface area contributed by atoms with Crippen LogP contribution in [0.1, 0.15) is 31.9 Å². The molecule has 174 valence electrons. The summed E-state index contributed by atoms with van der Waals surface area (Å²) in [6, 6.07) is 12.9. The van der Waals surface area contributed by atoms with E-state index in [0.717, 1.165) is 21.7 Å². The van der Waals surface area contributed by atoms with Gasteiger partial charge in [-0.3, -0.25) is 13.9 Å².